The van der Waals surface area contributed by atoms with Crippen molar-refractivity contribution >= 4 is 23.4 Å². The summed E-state index contributed by atoms with van der Waals surface area (Å²) in [6.07, 6.45) is 4.19. The maximum absolute atomic E-state index is 5.95. The highest BCUT2D eigenvalue weighted by Gasteiger charge is 2.42. The van der Waals surface area contributed by atoms with E-state index in [1.165, 1.54) is 6.42 Å². The minimum atomic E-state index is 0.330. The number of hydrogen-bond acceptors (Lipinski definition) is 3. The van der Waals surface area contributed by atoms with Gasteiger partial charge in [-0.05, 0) is 38.4 Å². The molecule has 3 atom stereocenters. The molecular formula is C12H16N4OS. The Morgan fingerprint density at radius 2 is 2.28 bits per heavy atom. The Labute approximate surface area is 110 Å². The molecule has 0 saturated carbocycles. The first-order valence-electron chi connectivity index (χ1n) is 6.44. The van der Waals surface area contributed by atoms with Gasteiger partial charge in [-0.25, -0.2) is 0 Å². The number of H-pyrrole nitrogens is 1. The molecule has 0 amide bonds. The summed E-state index contributed by atoms with van der Waals surface area (Å²) in [5.41, 5.74) is 3.16. The van der Waals surface area contributed by atoms with E-state index in [1.807, 2.05) is 18.7 Å². The predicted molar refractivity (Wildman–Crippen MR) is 70.2 cm³/mol. The summed E-state index contributed by atoms with van der Waals surface area (Å²) in [6, 6.07) is 0.375. The van der Waals surface area contributed by atoms with E-state index in [9.17, 15) is 0 Å². The molecule has 4 rings (SSSR count). The first-order chi connectivity index (χ1) is 8.65. The number of nitrogens with zero attached hydrogens (tertiary/aromatic N) is 3. The average molecular weight is 264 g/mol. The van der Waals surface area contributed by atoms with Gasteiger partial charge in [-0.1, -0.05) is 0 Å². The highest BCUT2D eigenvalue weighted by Crippen LogP contribution is 2.43. The molecule has 96 valence electrons. The van der Waals surface area contributed by atoms with Crippen molar-refractivity contribution in [2.45, 2.75) is 44.4 Å². The summed E-state index contributed by atoms with van der Waals surface area (Å²) < 4.78 is 10.9. The normalized spacial score (nSPS) is 30.7. The van der Waals surface area contributed by atoms with Gasteiger partial charge in [0.05, 0.1) is 23.9 Å². The van der Waals surface area contributed by atoms with Crippen LogP contribution in [-0.4, -0.2) is 31.5 Å². The highest BCUT2D eigenvalue weighted by molar-refractivity contribution is 7.71. The fourth-order valence-electron chi connectivity index (χ4n) is 3.52. The zero-order chi connectivity index (χ0) is 12.4. The van der Waals surface area contributed by atoms with Crippen molar-refractivity contribution in [3.8, 4) is 0 Å². The molecule has 4 heterocycles. The molecule has 0 aromatic carbocycles. The standard InChI is InChI=1S/C12H16N4OS/c1-6-10-11(15(2)14-6)16(12(18)13-10)8-5-7-3-4-9(8)17-7/h7-9H,3-5H2,1-2H3,(H,13,18). The van der Waals surface area contributed by atoms with Crippen LogP contribution in [0.15, 0.2) is 0 Å². The molecule has 2 aromatic rings. The minimum Gasteiger partial charge on any atom is -0.373 e. The SMILES string of the molecule is Cc1nn(C)c2c1[nH]c(=S)n2C1CC2CCC1O2. The fourth-order valence-corrected chi connectivity index (χ4v) is 3.85. The zero-order valence-corrected chi connectivity index (χ0v) is 11.3. The Morgan fingerprint density at radius 3 is 2.94 bits per heavy atom. The second kappa shape index (κ2) is 3.45. The van der Waals surface area contributed by atoms with E-state index >= 15 is 0 Å². The second-order valence-electron chi connectivity index (χ2n) is 5.38. The number of rotatable bonds is 1. The number of ether oxygens (including phenoxy) is 1. The van der Waals surface area contributed by atoms with E-state index in [4.69, 9.17) is 17.0 Å². The lowest BCUT2D eigenvalue weighted by Gasteiger charge is -2.20. The van der Waals surface area contributed by atoms with Crippen LogP contribution in [0.25, 0.3) is 11.2 Å². The number of hydrogen-bond donors (Lipinski definition) is 1. The summed E-state index contributed by atoms with van der Waals surface area (Å²) in [5.74, 6) is 0. The largest absolute Gasteiger partial charge is 0.373 e. The van der Waals surface area contributed by atoms with E-state index < -0.39 is 0 Å². The molecule has 18 heavy (non-hydrogen) atoms. The molecule has 0 spiro atoms. The molecule has 1 N–H and O–H groups in total. The monoisotopic (exact) mass is 264 g/mol. The van der Waals surface area contributed by atoms with Crippen LogP contribution in [0.2, 0.25) is 0 Å². The van der Waals surface area contributed by atoms with Crippen LogP contribution in [0.1, 0.15) is 31.0 Å². The Balaban J connectivity index is 1.94. The molecule has 2 aliphatic rings. The topological polar surface area (TPSA) is 47.8 Å². The van der Waals surface area contributed by atoms with Crippen molar-refractivity contribution in [2.24, 2.45) is 7.05 Å². The van der Waals surface area contributed by atoms with Crippen molar-refractivity contribution < 1.29 is 4.74 Å². The Bertz CT molecular complexity index is 682. The first kappa shape index (κ1) is 10.8. The molecule has 0 aliphatic carbocycles. The third kappa shape index (κ3) is 1.25. The third-order valence-corrected chi connectivity index (χ3v) is 4.58. The van der Waals surface area contributed by atoms with E-state index in [1.54, 1.807) is 0 Å². The number of fused-ring (bicyclic) bond motifs is 3. The maximum Gasteiger partial charge on any atom is 0.179 e. The van der Waals surface area contributed by atoms with Crippen LogP contribution >= 0.6 is 12.2 Å². The summed E-state index contributed by atoms with van der Waals surface area (Å²) in [5, 5.41) is 4.46. The molecule has 2 bridgehead atoms. The van der Waals surface area contributed by atoms with E-state index in [0.29, 0.717) is 18.2 Å². The highest BCUT2D eigenvalue weighted by atomic mass is 32.1. The minimum absolute atomic E-state index is 0.330. The van der Waals surface area contributed by atoms with Gasteiger partial charge in [0.1, 0.15) is 5.52 Å². The summed E-state index contributed by atoms with van der Waals surface area (Å²) in [7, 11) is 1.97. The molecule has 2 aromatic heterocycles. The van der Waals surface area contributed by atoms with Crippen LogP contribution in [0.5, 0.6) is 0 Å². The van der Waals surface area contributed by atoms with E-state index in [2.05, 4.69) is 14.6 Å². The van der Waals surface area contributed by atoms with Crippen LogP contribution in [-0.2, 0) is 11.8 Å². The number of aromatic amines is 1. The maximum atomic E-state index is 5.95. The molecule has 3 unspecified atom stereocenters. The van der Waals surface area contributed by atoms with Crippen LogP contribution in [0.3, 0.4) is 0 Å². The van der Waals surface area contributed by atoms with Gasteiger partial charge in [0.15, 0.2) is 10.4 Å². The van der Waals surface area contributed by atoms with Crippen molar-refractivity contribution in [3.63, 3.8) is 0 Å². The van der Waals surface area contributed by atoms with Gasteiger partial charge in [0.2, 0.25) is 0 Å². The first-order valence-corrected chi connectivity index (χ1v) is 6.85. The Kier molecular flexibility index (Phi) is 2.06. The summed E-state index contributed by atoms with van der Waals surface area (Å²) in [4.78, 5) is 3.29. The predicted octanol–water partition coefficient (Wildman–Crippen LogP) is 2.23. The lowest BCUT2D eigenvalue weighted by molar-refractivity contribution is 0.0940. The van der Waals surface area contributed by atoms with E-state index in [-0.39, 0.29) is 0 Å². The Hall–Kier alpha value is -1.14. The molecule has 2 aliphatic heterocycles. The second-order valence-corrected chi connectivity index (χ2v) is 5.77. The van der Waals surface area contributed by atoms with Gasteiger partial charge >= 0.3 is 0 Å². The number of imidazole rings is 1. The molecule has 2 fully saturated rings. The van der Waals surface area contributed by atoms with E-state index in [0.717, 1.165) is 34.5 Å². The van der Waals surface area contributed by atoms with Gasteiger partial charge in [-0.15, -0.1) is 0 Å². The molecule has 6 heteroatoms. The summed E-state index contributed by atoms with van der Waals surface area (Å²) in [6.45, 7) is 2.01. The number of aromatic nitrogens is 4. The molecule has 0 radical (unpaired) electrons. The molecular weight excluding hydrogens is 248 g/mol. The van der Waals surface area contributed by atoms with Crippen LogP contribution < -0.4 is 0 Å². The van der Waals surface area contributed by atoms with Gasteiger partial charge in [-0.3, -0.25) is 9.25 Å². The molecule has 2 saturated heterocycles. The smallest absolute Gasteiger partial charge is 0.179 e. The van der Waals surface area contributed by atoms with Gasteiger partial charge in [-0.2, -0.15) is 5.10 Å². The lowest BCUT2D eigenvalue weighted by Crippen LogP contribution is -2.21. The van der Waals surface area contributed by atoms with Gasteiger partial charge in [0.25, 0.3) is 0 Å². The van der Waals surface area contributed by atoms with Crippen molar-refractivity contribution in [3.05, 3.63) is 10.5 Å². The summed E-state index contributed by atoms with van der Waals surface area (Å²) >= 11 is 5.49. The fraction of sp³-hybridized carbons (Fsp3) is 0.667. The Morgan fingerprint density at radius 1 is 1.44 bits per heavy atom. The number of aryl methyl sites for hydroxylation is 2. The van der Waals surface area contributed by atoms with Crippen molar-refractivity contribution in [1.82, 2.24) is 19.3 Å². The van der Waals surface area contributed by atoms with Crippen molar-refractivity contribution in [1.29, 1.82) is 0 Å². The van der Waals surface area contributed by atoms with Crippen molar-refractivity contribution in [2.75, 3.05) is 0 Å². The van der Waals surface area contributed by atoms with Crippen LogP contribution in [0, 0.1) is 11.7 Å². The average Bonchev–Trinajstić information content (AvgIpc) is 3.03. The van der Waals surface area contributed by atoms with Gasteiger partial charge in [0, 0.05) is 7.05 Å². The zero-order valence-electron chi connectivity index (χ0n) is 10.5. The van der Waals surface area contributed by atoms with Gasteiger partial charge < -0.3 is 9.72 Å². The third-order valence-electron chi connectivity index (χ3n) is 4.28. The van der Waals surface area contributed by atoms with Crippen LogP contribution in [0.4, 0.5) is 0 Å². The molecule has 5 nitrogen and oxygen atoms in total. The lowest BCUT2D eigenvalue weighted by atomic mass is 9.95. The quantitative estimate of drug-likeness (QED) is 0.804. The number of nitrogens with one attached hydrogen (secondary N) is 1.